The lowest BCUT2D eigenvalue weighted by atomic mass is 9.89. The fourth-order valence-electron chi connectivity index (χ4n) is 4.18. The minimum atomic E-state index is -0.404. The van der Waals surface area contributed by atoms with E-state index in [1.54, 1.807) is 0 Å². The SMILES string of the molecule is CC[C@@H]1CN(c2nccc3ccccc23)CC[C@@H]1NC(=O)CN1CCOC1=O. The molecule has 0 saturated carbocycles. The van der Waals surface area contributed by atoms with Gasteiger partial charge in [0.1, 0.15) is 19.0 Å². The molecule has 3 heterocycles. The first-order valence-corrected chi connectivity index (χ1v) is 9.95. The van der Waals surface area contributed by atoms with Crippen molar-refractivity contribution in [2.75, 3.05) is 37.7 Å². The minimum absolute atomic E-state index is 0.0698. The van der Waals surface area contributed by atoms with Gasteiger partial charge in [-0.15, -0.1) is 0 Å². The van der Waals surface area contributed by atoms with Crippen LogP contribution in [0.2, 0.25) is 0 Å². The van der Waals surface area contributed by atoms with Gasteiger partial charge in [-0.1, -0.05) is 31.2 Å². The summed E-state index contributed by atoms with van der Waals surface area (Å²) in [5, 5.41) is 5.49. The van der Waals surface area contributed by atoms with Crippen molar-refractivity contribution < 1.29 is 14.3 Å². The Hall–Kier alpha value is -2.83. The van der Waals surface area contributed by atoms with Crippen LogP contribution in [0.25, 0.3) is 10.8 Å². The quantitative estimate of drug-likeness (QED) is 0.860. The van der Waals surface area contributed by atoms with Gasteiger partial charge in [-0.05, 0) is 30.2 Å². The molecule has 0 unspecified atom stereocenters. The van der Waals surface area contributed by atoms with Crippen LogP contribution in [0, 0.1) is 5.92 Å². The molecule has 2 saturated heterocycles. The summed E-state index contributed by atoms with van der Waals surface area (Å²) in [6.07, 6.45) is 3.29. The summed E-state index contributed by atoms with van der Waals surface area (Å²) in [5.74, 6) is 1.24. The van der Waals surface area contributed by atoms with E-state index in [2.05, 4.69) is 34.3 Å². The van der Waals surface area contributed by atoms with Gasteiger partial charge in [-0.25, -0.2) is 9.78 Å². The predicted octanol–water partition coefficient (Wildman–Crippen LogP) is 2.41. The molecule has 2 atom stereocenters. The van der Waals surface area contributed by atoms with Gasteiger partial charge in [-0.2, -0.15) is 0 Å². The first-order chi connectivity index (χ1) is 13.7. The van der Waals surface area contributed by atoms with Crippen LogP contribution in [-0.4, -0.2) is 60.7 Å². The third-order valence-electron chi connectivity index (χ3n) is 5.74. The molecule has 1 aromatic heterocycles. The zero-order chi connectivity index (χ0) is 19.5. The lowest BCUT2D eigenvalue weighted by Gasteiger charge is -2.39. The zero-order valence-electron chi connectivity index (χ0n) is 16.1. The molecule has 2 aromatic rings. The second-order valence-electron chi connectivity index (χ2n) is 7.47. The number of rotatable bonds is 5. The summed E-state index contributed by atoms with van der Waals surface area (Å²) < 4.78 is 4.89. The number of anilines is 1. The van der Waals surface area contributed by atoms with Gasteiger partial charge in [0.2, 0.25) is 5.91 Å². The number of cyclic esters (lactones) is 1. The van der Waals surface area contributed by atoms with Crippen LogP contribution in [0.3, 0.4) is 0 Å². The van der Waals surface area contributed by atoms with E-state index in [1.807, 2.05) is 24.4 Å². The summed E-state index contributed by atoms with van der Waals surface area (Å²) in [7, 11) is 0. The summed E-state index contributed by atoms with van der Waals surface area (Å²) >= 11 is 0. The van der Waals surface area contributed by atoms with E-state index in [0.29, 0.717) is 19.1 Å². The van der Waals surface area contributed by atoms with Crippen molar-refractivity contribution in [2.24, 2.45) is 5.92 Å². The Balaban J connectivity index is 1.42. The van der Waals surface area contributed by atoms with Crippen LogP contribution in [0.5, 0.6) is 0 Å². The Kier molecular flexibility index (Phi) is 5.32. The molecular weight excluding hydrogens is 356 g/mol. The number of fused-ring (bicyclic) bond motifs is 1. The van der Waals surface area contributed by atoms with Gasteiger partial charge < -0.3 is 15.0 Å². The predicted molar refractivity (Wildman–Crippen MR) is 107 cm³/mol. The number of piperidine rings is 1. The van der Waals surface area contributed by atoms with Crippen molar-refractivity contribution in [2.45, 2.75) is 25.8 Å². The minimum Gasteiger partial charge on any atom is -0.448 e. The molecule has 1 aromatic carbocycles. The van der Waals surface area contributed by atoms with Crippen molar-refractivity contribution in [3.63, 3.8) is 0 Å². The number of carbonyl (C=O) groups is 2. The molecule has 2 amide bonds. The van der Waals surface area contributed by atoms with Gasteiger partial charge in [-0.3, -0.25) is 9.69 Å². The largest absolute Gasteiger partial charge is 0.448 e. The molecule has 2 aliphatic heterocycles. The van der Waals surface area contributed by atoms with E-state index in [1.165, 1.54) is 10.3 Å². The van der Waals surface area contributed by atoms with E-state index < -0.39 is 6.09 Å². The first kappa shape index (κ1) is 18.5. The highest BCUT2D eigenvalue weighted by molar-refractivity contribution is 5.92. The van der Waals surface area contributed by atoms with Gasteiger partial charge in [0.25, 0.3) is 0 Å². The second-order valence-corrected chi connectivity index (χ2v) is 7.47. The number of amides is 2. The van der Waals surface area contributed by atoms with Gasteiger partial charge >= 0.3 is 6.09 Å². The summed E-state index contributed by atoms with van der Waals surface area (Å²) in [6, 6.07) is 10.4. The molecule has 28 heavy (non-hydrogen) atoms. The average Bonchev–Trinajstić information content (AvgIpc) is 3.12. The Morgan fingerprint density at radius 1 is 1.29 bits per heavy atom. The maximum atomic E-state index is 12.4. The number of carbonyl (C=O) groups excluding carboxylic acids is 2. The topological polar surface area (TPSA) is 74.8 Å². The number of benzene rings is 1. The molecule has 0 radical (unpaired) electrons. The monoisotopic (exact) mass is 382 g/mol. The third-order valence-corrected chi connectivity index (χ3v) is 5.74. The second kappa shape index (κ2) is 8.04. The number of hydrogen-bond donors (Lipinski definition) is 1. The van der Waals surface area contributed by atoms with Crippen molar-refractivity contribution in [3.8, 4) is 0 Å². The number of ether oxygens (including phenoxy) is 1. The van der Waals surface area contributed by atoms with E-state index >= 15 is 0 Å². The van der Waals surface area contributed by atoms with Crippen molar-refractivity contribution in [1.82, 2.24) is 15.2 Å². The maximum Gasteiger partial charge on any atom is 0.410 e. The Labute approximate surface area is 164 Å². The number of aromatic nitrogens is 1. The van der Waals surface area contributed by atoms with Crippen molar-refractivity contribution in [1.29, 1.82) is 0 Å². The van der Waals surface area contributed by atoms with E-state index in [9.17, 15) is 9.59 Å². The highest BCUT2D eigenvalue weighted by Gasteiger charge is 2.31. The van der Waals surface area contributed by atoms with Crippen LogP contribution >= 0.6 is 0 Å². The molecule has 0 aliphatic carbocycles. The molecule has 0 bridgehead atoms. The standard InChI is InChI=1S/C21H26N4O3/c1-2-15-13-24(20-17-6-4-3-5-16(17)7-9-22-20)10-8-18(15)23-19(26)14-25-11-12-28-21(25)27/h3-7,9,15,18H,2,8,10-14H2,1H3,(H,23,26)/t15-,18+/m1/s1. The highest BCUT2D eigenvalue weighted by atomic mass is 16.6. The van der Waals surface area contributed by atoms with Crippen LogP contribution < -0.4 is 10.2 Å². The maximum absolute atomic E-state index is 12.4. The van der Waals surface area contributed by atoms with E-state index in [4.69, 9.17) is 4.74 Å². The van der Waals surface area contributed by atoms with E-state index in [-0.39, 0.29) is 18.5 Å². The lowest BCUT2D eigenvalue weighted by molar-refractivity contribution is -0.122. The average molecular weight is 382 g/mol. The van der Waals surface area contributed by atoms with Gasteiger partial charge in [0, 0.05) is 30.7 Å². The summed E-state index contributed by atoms with van der Waals surface area (Å²) in [5.41, 5.74) is 0. The van der Waals surface area contributed by atoms with Crippen molar-refractivity contribution >= 4 is 28.6 Å². The van der Waals surface area contributed by atoms with Gasteiger partial charge in [0.05, 0.1) is 6.54 Å². The molecule has 148 valence electrons. The molecule has 2 fully saturated rings. The molecule has 2 aliphatic rings. The van der Waals surface area contributed by atoms with Crippen molar-refractivity contribution in [3.05, 3.63) is 36.5 Å². The summed E-state index contributed by atoms with van der Waals surface area (Å²) in [4.78, 5) is 32.4. The highest BCUT2D eigenvalue weighted by Crippen LogP contribution is 2.29. The molecule has 4 rings (SSSR count). The number of pyridine rings is 1. The summed E-state index contributed by atoms with van der Waals surface area (Å²) in [6.45, 7) is 4.76. The molecule has 7 heteroatoms. The number of nitrogens with one attached hydrogen (secondary N) is 1. The lowest BCUT2D eigenvalue weighted by Crippen LogP contribution is -2.52. The fourth-order valence-corrected chi connectivity index (χ4v) is 4.18. The smallest absolute Gasteiger partial charge is 0.410 e. The van der Waals surface area contributed by atoms with E-state index in [0.717, 1.165) is 37.1 Å². The van der Waals surface area contributed by atoms with Gasteiger partial charge in [0.15, 0.2) is 0 Å². The first-order valence-electron chi connectivity index (χ1n) is 9.95. The Bertz CT molecular complexity index is 866. The zero-order valence-corrected chi connectivity index (χ0v) is 16.1. The Morgan fingerprint density at radius 3 is 2.93 bits per heavy atom. The van der Waals surface area contributed by atoms with Crippen LogP contribution in [-0.2, 0) is 9.53 Å². The van der Waals surface area contributed by atoms with Crippen LogP contribution in [0.15, 0.2) is 36.5 Å². The number of nitrogens with zero attached hydrogens (tertiary/aromatic N) is 3. The fraction of sp³-hybridized carbons (Fsp3) is 0.476. The number of hydrogen-bond acceptors (Lipinski definition) is 5. The third kappa shape index (κ3) is 3.74. The normalized spacial score (nSPS) is 22.4. The molecule has 1 N–H and O–H groups in total. The molecule has 7 nitrogen and oxygen atoms in total. The molecular formula is C21H26N4O3. The molecule has 0 spiro atoms. The Morgan fingerprint density at radius 2 is 2.14 bits per heavy atom. The van der Waals surface area contributed by atoms with Crippen LogP contribution in [0.4, 0.5) is 10.6 Å². The van der Waals surface area contributed by atoms with Crippen LogP contribution in [0.1, 0.15) is 19.8 Å².